The highest BCUT2D eigenvalue weighted by atomic mass is 35.5. The minimum atomic E-state index is -0.486. The molecule has 256 valence electrons. The third kappa shape index (κ3) is 10.3. The molecule has 0 aliphatic carbocycles. The highest BCUT2D eigenvalue weighted by Gasteiger charge is 2.29. The molecule has 47 heavy (non-hydrogen) atoms. The molecule has 10 heteroatoms. The number of rotatable bonds is 19. The number of ether oxygens (including phenoxy) is 1. The van der Waals surface area contributed by atoms with Crippen molar-refractivity contribution in [3.05, 3.63) is 52.5 Å². The second-order valence-corrected chi connectivity index (χ2v) is 14.2. The van der Waals surface area contributed by atoms with Gasteiger partial charge < -0.3 is 15.0 Å². The van der Waals surface area contributed by atoms with E-state index in [2.05, 4.69) is 52.4 Å². The Hall–Kier alpha value is -2.88. The van der Waals surface area contributed by atoms with Gasteiger partial charge in [0.25, 0.3) is 0 Å². The van der Waals surface area contributed by atoms with Crippen molar-refractivity contribution in [1.29, 1.82) is 0 Å². The summed E-state index contributed by atoms with van der Waals surface area (Å²) in [5.74, 6) is 1.02. The fourth-order valence-corrected chi connectivity index (χ4v) is 7.72. The van der Waals surface area contributed by atoms with Gasteiger partial charge in [-0.1, -0.05) is 107 Å². The van der Waals surface area contributed by atoms with Gasteiger partial charge in [0.1, 0.15) is 5.82 Å². The molecule has 0 radical (unpaired) electrons. The largest absolute Gasteiger partial charge is 0.428 e. The quantitative estimate of drug-likeness (QED) is 0.128. The van der Waals surface area contributed by atoms with Gasteiger partial charge in [-0.3, -0.25) is 14.6 Å². The van der Waals surface area contributed by atoms with Gasteiger partial charge in [-0.2, -0.15) is 4.37 Å². The molecule has 2 amide bonds. The van der Waals surface area contributed by atoms with Crippen LogP contribution in [0.1, 0.15) is 95.1 Å². The number of aromatic nitrogens is 1. The number of anilines is 2. The van der Waals surface area contributed by atoms with Crippen molar-refractivity contribution in [2.45, 2.75) is 96.8 Å². The van der Waals surface area contributed by atoms with Gasteiger partial charge in [-0.05, 0) is 53.7 Å². The summed E-state index contributed by atoms with van der Waals surface area (Å²) in [4.78, 5) is 31.5. The summed E-state index contributed by atoms with van der Waals surface area (Å²) < 4.78 is 11.4. The maximum Gasteiger partial charge on any atom is 0.408 e. The molecular formula is C37H52ClN5O3S. The fraction of sp³-hybridized carbons (Fsp3) is 0.595. The van der Waals surface area contributed by atoms with Crippen molar-refractivity contribution in [3.63, 3.8) is 0 Å². The lowest BCUT2D eigenvalue weighted by molar-refractivity contribution is -0.118. The molecule has 0 bridgehead atoms. The Morgan fingerprint density at radius 1 is 0.936 bits per heavy atom. The van der Waals surface area contributed by atoms with E-state index in [0.29, 0.717) is 18.0 Å². The second kappa shape index (κ2) is 18.6. The standard InChI is InChI=1S/C37H52ClN5O3S/c1-2-3-4-5-6-7-8-9-10-11-12-15-19-39-37(45)46-28-43-33-27-32(38)29(25-30(33)26-35(43)44)18-20-41-21-23-42(24-22-41)36-31-16-13-14-17-34(31)47-40-36/h13-14,16-17,25,27H,2-12,15,18-24,26,28H2,1H3,(H,39,45). The molecule has 0 saturated carbocycles. The maximum absolute atomic E-state index is 12.8. The average Bonchev–Trinajstić information content (AvgIpc) is 3.65. The molecule has 2 aliphatic rings. The van der Waals surface area contributed by atoms with E-state index in [1.165, 1.54) is 79.2 Å². The Morgan fingerprint density at radius 3 is 2.34 bits per heavy atom. The normalized spacial score (nSPS) is 15.1. The highest BCUT2D eigenvalue weighted by Crippen LogP contribution is 2.34. The van der Waals surface area contributed by atoms with Gasteiger partial charge in [0.05, 0.1) is 16.8 Å². The summed E-state index contributed by atoms with van der Waals surface area (Å²) in [6, 6.07) is 12.3. The van der Waals surface area contributed by atoms with Crippen molar-refractivity contribution in [3.8, 4) is 0 Å². The number of hydrogen-bond donors (Lipinski definition) is 1. The number of amides is 2. The minimum Gasteiger partial charge on any atom is -0.428 e. The van der Waals surface area contributed by atoms with E-state index in [1.54, 1.807) is 11.5 Å². The van der Waals surface area contributed by atoms with Crippen molar-refractivity contribution in [2.24, 2.45) is 0 Å². The van der Waals surface area contributed by atoms with Gasteiger partial charge in [-0.15, -0.1) is 0 Å². The van der Waals surface area contributed by atoms with Gasteiger partial charge >= 0.3 is 6.09 Å². The summed E-state index contributed by atoms with van der Waals surface area (Å²) in [7, 11) is 0. The third-order valence-electron chi connectivity index (χ3n) is 9.53. The molecule has 2 aliphatic heterocycles. The molecule has 1 fully saturated rings. The molecule has 0 unspecified atom stereocenters. The maximum atomic E-state index is 12.8. The zero-order valence-electron chi connectivity index (χ0n) is 28.1. The Bertz CT molecular complexity index is 1440. The average molecular weight is 682 g/mol. The number of alkyl carbamates (subject to hydrolysis) is 1. The summed E-state index contributed by atoms with van der Waals surface area (Å²) in [5.41, 5.74) is 2.73. The smallest absolute Gasteiger partial charge is 0.408 e. The van der Waals surface area contributed by atoms with Crippen LogP contribution < -0.4 is 15.1 Å². The summed E-state index contributed by atoms with van der Waals surface area (Å²) in [6.07, 6.45) is 16.0. The number of piperazine rings is 1. The Balaban J connectivity index is 0.964. The molecule has 0 atom stereocenters. The van der Waals surface area contributed by atoms with Crippen LogP contribution in [-0.2, 0) is 22.4 Å². The highest BCUT2D eigenvalue weighted by molar-refractivity contribution is 7.13. The molecule has 2 aromatic carbocycles. The van der Waals surface area contributed by atoms with Crippen LogP contribution in [0.3, 0.4) is 0 Å². The summed E-state index contributed by atoms with van der Waals surface area (Å²) in [6.45, 7) is 7.49. The molecule has 3 heterocycles. The predicted molar refractivity (Wildman–Crippen MR) is 195 cm³/mol. The van der Waals surface area contributed by atoms with Crippen LogP contribution in [0.5, 0.6) is 0 Å². The molecule has 1 N–H and O–H groups in total. The van der Waals surface area contributed by atoms with E-state index in [9.17, 15) is 9.59 Å². The monoisotopic (exact) mass is 681 g/mol. The molecule has 0 spiro atoms. The lowest BCUT2D eigenvalue weighted by Gasteiger charge is -2.35. The molecule has 3 aromatic rings. The molecular weight excluding hydrogens is 630 g/mol. The number of carbonyl (C=O) groups is 2. The van der Waals surface area contributed by atoms with Gasteiger partial charge in [0.15, 0.2) is 6.73 Å². The number of hydrogen-bond acceptors (Lipinski definition) is 7. The minimum absolute atomic E-state index is 0.0762. The molecule has 1 saturated heterocycles. The lowest BCUT2D eigenvalue weighted by atomic mass is 10.1. The van der Waals surface area contributed by atoms with Crippen LogP contribution in [-0.4, -0.2) is 67.3 Å². The zero-order valence-corrected chi connectivity index (χ0v) is 29.7. The first kappa shape index (κ1) is 35.4. The van der Waals surface area contributed by atoms with Crippen LogP contribution in [0, 0.1) is 0 Å². The van der Waals surface area contributed by atoms with E-state index in [-0.39, 0.29) is 12.6 Å². The molecule has 1 aromatic heterocycles. The van der Waals surface area contributed by atoms with Gasteiger partial charge in [0, 0.05) is 49.7 Å². The van der Waals surface area contributed by atoms with E-state index in [1.807, 2.05) is 6.07 Å². The second-order valence-electron chi connectivity index (χ2n) is 13.0. The third-order valence-corrected chi connectivity index (χ3v) is 10.7. The topological polar surface area (TPSA) is 78.0 Å². The predicted octanol–water partition coefficient (Wildman–Crippen LogP) is 8.59. The SMILES string of the molecule is CCCCCCCCCCCCCCNC(=O)OCN1C(=O)Cc2cc(CCN3CCN(c4nsc5ccccc45)CC3)c(Cl)cc21. The van der Waals surface area contributed by atoms with E-state index >= 15 is 0 Å². The van der Waals surface area contributed by atoms with Crippen molar-refractivity contribution in [1.82, 2.24) is 14.6 Å². The van der Waals surface area contributed by atoms with Crippen LogP contribution in [0.15, 0.2) is 36.4 Å². The lowest BCUT2D eigenvalue weighted by Crippen LogP contribution is -2.47. The summed E-state index contributed by atoms with van der Waals surface area (Å²) >= 11 is 8.29. The van der Waals surface area contributed by atoms with E-state index in [4.69, 9.17) is 20.7 Å². The molecule has 5 rings (SSSR count). The van der Waals surface area contributed by atoms with Gasteiger partial charge in [-0.25, -0.2) is 4.79 Å². The number of nitrogens with one attached hydrogen (secondary N) is 1. The first-order valence-corrected chi connectivity index (χ1v) is 19.0. The van der Waals surface area contributed by atoms with Crippen LogP contribution in [0.25, 0.3) is 10.1 Å². The Kier molecular flexibility index (Phi) is 14.0. The van der Waals surface area contributed by atoms with Crippen LogP contribution in [0.2, 0.25) is 5.02 Å². The summed E-state index contributed by atoms with van der Waals surface area (Å²) in [5, 5.41) is 4.71. The number of nitrogens with zero attached hydrogens (tertiary/aromatic N) is 4. The fourth-order valence-electron chi connectivity index (χ4n) is 6.67. The van der Waals surface area contributed by atoms with Gasteiger partial charge in [0.2, 0.25) is 5.91 Å². The van der Waals surface area contributed by atoms with Crippen LogP contribution >= 0.6 is 23.1 Å². The molecule has 8 nitrogen and oxygen atoms in total. The van der Waals surface area contributed by atoms with Crippen LogP contribution in [0.4, 0.5) is 16.3 Å². The number of unbranched alkanes of at least 4 members (excludes halogenated alkanes) is 11. The zero-order chi connectivity index (χ0) is 32.8. The first-order valence-electron chi connectivity index (χ1n) is 17.9. The van der Waals surface area contributed by atoms with E-state index < -0.39 is 6.09 Å². The van der Waals surface area contributed by atoms with E-state index in [0.717, 1.165) is 74.6 Å². The van der Waals surface area contributed by atoms with Crippen molar-refractivity contribution in [2.75, 3.05) is 55.8 Å². The number of benzene rings is 2. The Labute approximate surface area is 289 Å². The number of carbonyl (C=O) groups excluding carboxylic acids is 2. The van der Waals surface area contributed by atoms with Crippen molar-refractivity contribution < 1.29 is 14.3 Å². The number of fused-ring (bicyclic) bond motifs is 2. The van der Waals surface area contributed by atoms with Crippen molar-refractivity contribution >= 4 is 56.7 Å². The first-order chi connectivity index (χ1) is 23.0. The number of halogens is 1. The Morgan fingerprint density at radius 2 is 1.62 bits per heavy atom.